The Morgan fingerprint density at radius 2 is 2.25 bits per heavy atom. The van der Waals surface area contributed by atoms with E-state index in [1.54, 1.807) is 6.26 Å². The van der Waals surface area contributed by atoms with Crippen molar-refractivity contribution in [2.24, 2.45) is 0 Å². The van der Waals surface area contributed by atoms with Crippen LogP contribution in [0.25, 0.3) is 11.0 Å². The summed E-state index contributed by atoms with van der Waals surface area (Å²) in [7, 11) is 0. The molecule has 0 bridgehead atoms. The zero-order chi connectivity index (χ0) is 14.1. The number of furan rings is 1. The molecule has 0 aliphatic heterocycles. The van der Waals surface area contributed by atoms with Crippen molar-refractivity contribution < 1.29 is 4.42 Å². The normalized spacial score (nSPS) is 12.9. The Morgan fingerprint density at radius 3 is 3.00 bits per heavy atom. The predicted molar refractivity (Wildman–Crippen MR) is 83.9 cm³/mol. The number of H-pyrrole nitrogens is 1. The van der Waals surface area contributed by atoms with Gasteiger partial charge in [0.2, 0.25) is 0 Å². The number of hydrogen-bond acceptors (Lipinski definition) is 2. The number of nitrogens with one attached hydrogen (secondary N) is 1. The highest BCUT2D eigenvalue weighted by Gasteiger charge is 2.12. The maximum absolute atomic E-state index is 6.09. The third-order valence-corrected chi connectivity index (χ3v) is 4.04. The van der Waals surface area contributed by atoms with Crippen molar-refractivity contribution in [3.8, 4) is 0 Å². The number of aromatic nitrogens is 2. The lowest BCUT2D eigenvalue weighted by Crippen LogP contribution is -2.06. The maximum Gasteiger partial charge on any atom is 0.178 e. The van der Waals surface area contributed by atoms with E-state index in [2.05, 4.69) is 16.5 Å². The highest BCUT2D eigenvalue weighted by Crippen LogP contribution is 2.25. The van der Waals surface area contributed by atoms with Gasteiger partial charge in [0.1, 0.15) is 5.76 Å². The van der Waals surface area contributed by atoms with E-state index in [-0.39, 0.29) is 6.04 Å². The molecule has 0 amide bonds. The first-order chi connectivity index (χ1) is 9.65. The van der Waals surface area contributed by atoms with Gasteiger partial charge >= 0.3 is 0 Å². The highest BCUT2D eigenvalue weighted by molar-refractivity contribution is 7.71. The molecule has 1 atom stereocenters. The number of benzene rings is 1. The number of aryl methyl sites for hydroxylation is 1. The van der Waals surface area contributed by atoms with Crippen LogP contribution in [0.15, 0.2) is 41.0 Å². The van der Waals surface area contributed by atoms with E-state index in [0.717, 1.165) is 39.4 Å². The minimum Gasteiger partial charge on any atom is -0.469 e. The molecule has 1 N–H and O–H groups in total. The lowest BCUT2D eigenvalue weighted by Gasteiger charge is -2.14. The van der Waals surface area contributed by atoms with Gasteiger partial charge in [0.05, 0.1) is 17.3 Å². The number of halogens is 1. The van der Waals surface area contributed by atoms with Crippen LogP contribution < -0.4 is 0 Å². The molecular weight excluding hydrogens is 292 g/mol. The third-order valence-electron chi connectivity index (χ3n) is 3.51. The van der Waals surface area contributed by atoms with Crippen LogP contribution in [-0.2, 0) is 6.42 Å². The summed E-state index contributed by atoms with van der Waals surface area (Å²) in [5, 5.41) is 0.721. The van der Waals surface area contributed by atoms with Crippen molar-refractivity contribution in [1.82, 2.24) is 9.55 Å². The number of hydrogen-bond donors (Lipinski definition) is 1. The summed E-state index contributed by atoms with van der Waals surface area (Å²) in [6, 6.07) is 9.97. The molecule has 1 unspecified atom stereocenters. The summed E-state index contributed by atoms with van der Waals surface area (Å²) in [6.45, 7) is 2.16. The zero-order valence-electron chi connectivity index (χ0n) is 11.1. The molecule has 0 fully saturated rings. The maximum atomic E-state index is 6.09. The Bertz CT molecular complexity index is 773. The predicted octanol–water partition coefficient (Wildman–Crippen LogP) is 5.14. The molecular formula is C15H15ClN2OS. The summed E-state index contributed by atoms with van der Waals surface area (Å²) in [5.41, 5.74) is 2.07. The number of fused-ring (bicyclic) bond motifs is 1. The molecule has 5 heteroatoms. The standard InChI is InChI=1S/C15H15ClN2OS/c1-10(4-6-12-3-2-8-19-12)18-14-9-11(16)5-7-13(14)17-15(18)20/h2-3,5,7-10H,4,6H2,1H3,(H,17,20). The van der Waals surface area contributed by atoms with Crippen LogP contribution in [0, 0.1) is 4.77 Å². The fourth-order valence-corrected chi connectivity index (χ4v) is 3.02. The molecule has 1 aromatic carbocycles. The largest absolute Gasteiger partial charge is 0.469 e. The van der Waals surface area contributed by atoms with Crippen LogP contribution in [0.1, 0.15) is 25.1 Å². The first kappa shape index (κ1) is 13.5. The van der Waals surface area contributed by atoms with Crippen LogP contribution in [0.5, 0.6) is 0 Å². The summed E-state index contributed by atoms with van der Waals surface area (Å²) < 4.78 is 8.23. The van der Waals surface area contributed by atoms with E-state index in [1.807, 2.05) is 30.3 Å². The number of imidazole rings is 1. The van der Waals surface area contributed by atoms with Crippen molar-refractivity contribution in [3.63, 3.8) is 0 Å². The van der Waals surface area contributed by atoms with Crippen LogP contribution in [0.2, 0.25) is 5.02 Å². The second-order valence-corrected chi connectivity index (χ2v) is 5.75. The van der Waals surface area contributed by atoms with Gasteiger partial charge < -0.3 is 14.0 Å². The average molecular weight is 307 g/mol. The van der Waals surface area contributed by atoms with Crippen molar-refractivity contribution in [2.75, 3.05) is 0 Å². The second-order valence-electron chi connectivity index (χ2n) is 4.93. The third kappa shape index (κ3) is 2.53. The molecule has 0 saturated carbocycles. The molecule has 0 radical (unpaired) electrons. The Labute approximate surface area is 127 Å². The van der Waals surface area contributed by atoms with E-state index in [4.69, 9.17) is 28.2 Å². The van der Waals surface area contributed by atoms with Gasteiger partial charge in [-0.05, 0) is 55.9 Å². The average Bonchev–Trinajstić information content (AvgIpc) is 3.02. The quantitative estimate of drug-likeness (QED) is 0.677. The second kappa shape index (κ2) is 5.46. The molecule has 3 nitrogen and oxygen atoms in total. The van der Waals surface area contributed by atoms with Gasteiger partial charge in [0, 0.05) is 17.5 Å². The van der Waals surface area contributed by atoms with E-state index >= 15 is 0 Å². The van der Waals surface area contributed by atoms with Gasteiger partial charge in [-0.3, -0.25) is 0 Å². The van der Waals surface area contributed by atoms with E-state index in [0.29, 0.717) is 0 Å². The van der Waals surface area contributed by atoms with Gasteiger partial charge in [-0.25, -0.2) is 0 Å². The molecule has 2 aromatic heterocycles. The monoisotopic (exact) mass is 306 g/mol. The fourth-order valence-electron chi connectivity index (χ4n) is 2.47. The molecule has 0 aliphatic carbocycles. The molecule has 0 aliphatic rings. The van der Waals surface area contributed by atoms with Crippen LogP contribution in [0.4, 0.5) is 0 Å². The Kier molecular flexibility index (Phi) is 3.68. The van der Waals surface area contributed by atoms with Crippen LogP contribution in [0.3, 0.4) is 0 Å². The number of aromatic amines is 1. The highest BCUT2D eigenvalue weighted by atomic mass is 35.5. The minimum absolute atomic E-state index is 0.278. The smallest absolute Gasteiger partial charge is 0.178 e. The number of nitrogens with zero attached hydrogens (tertiary/aromatic N) is 1. The van der Waals surface area contributed by atoms with Crippen LogP contribution >= 0.6 is 23.8 Å². The van der Waals surface area contributed by atoms with Crippen molar-refractivity contribution >= 4 is 34.9 Å². The molecule has 0 saturated heterocycles. The van der Waals surface area contributed by atoms with E-state index < -0.39 is 0 Å². The first-order valence-corrected chi connectivity index (χ1v) is 7.36. The molecule has 3 aromatic rings. The first-order valence-electron chi connectivity index (χ1n) is 6.57. The van der Waals surface area contributed by atoms with Gasteiger partial charge in [-0.15, -0.1) is 0 Å². The van der Waals surface area contributed by atoms with Crippen molar-refractivity contribution in [1.29, 1.82) is 0 Å². The summed E-state index contributed by atoms with van der Waals surface area (Å²) in [5.74, 6) is 1.00. The van der Waals surface area contributed by atoms with Crippen LogP contribution in [-0.4, -0.2) is 9.55 Å². The SMILES string of the molecule is CC(CCc1ccco1)n1c(=S)[nH]c2ccc(Cl)cc21. The topological polar surface area (TPSA) is 33.9 Å². The van der Waals surface area contributed by atoms with Gasteiger partial charge in [-0.1, -0.05) is 11.6 Å². The summed E-state index contributed by atoms with van der Waals surface area (Å²) in [6.07, 6.45) is 3.56. The zero-order valence-corrected chi connectivity index (χ0v) is 12.7. The summed E-state index contributed by atoms with van der Waals surface area (Å²) >= 11 is 11.5. The molecule has 104 valence electrons. The van der Waals surface area contributed by atoms with E-state index in [1.165, 1.54) is 0 Å². The van der Waals surface area contributed by atoms with Gasteiger partial charge in [0.15, 0.2) is 4.77 Å². The number of rotatable bonds is 4. The fraction of sp³-hybridized carbons (Fsp3) is 0.267. The van der Waals surface area contributed by atoms with Crippen molar-refractivity contribution in [2.45, 2.75) is 25.8 Å². The van der Waals surface area contributed by atoms with Gasteiger partial charge in [0.25, 0.3) is 0 Å². The lowest BCUT2D eigenvalue weighted by molar-refractivity contribution is 0.455. The molecule has 0 spiro atoms. The molecule has 20 heavy (non-hydrogen) atoms. The van der Waals surface area contributed by atoms with Gasteiger partial charge in [-0.2, -0.15) is 0 Å². The lowest BCUT2D eigenvalue weighted by atomic mass is 10.1. The minimum atomic E-state index is 0.278. The Hall–Kier alpha value is -1.52. The molecule has 3 rings (SSSR count). The Balaban J connectivity index is 1.90. The van der Waals surface area contributed by atoms with Crippen molar-refractivity contribution in [3.05, 3.63) is 52.1 Å². The molecule has 2 heterocycles. The van der Waals surface area contributed by atoms with E-state index in [9.17, 15) is 0 Å². The summed E-state index contributed by atoms with van der Waals surface area (Å²) in [4.78, 5) is 3.22. The Morgan fingerprint density at radius 1 is 1.40 bits per heavy atom.